The predicted octanol–water partition coefficient (Wildman–Crippen LogP) is 2.89. The van der Waals surface area contributed by atoms with Crippen LogP contribution >= 0.6 is 0 Å². The van der Waals surface area contributed by atoms with Gasteiger partial charge in [-0.3, -0.25) is 24.2 Å². The largest absolute Gasteiger partial charge is 0.340 e. The Hall–Kier alpha value is -2.99. The third kappa shape index (κ3) is 4.20. The number of hydrogen-bond donors (Lipinski definition) is 0. The third-order valence-corrected chi connectivity index (χ3v) is 7.35. The quantitative estimate of drug-likeness (QED) is 0.642. The van der Waals surface area contributed by atoms with Crippen molar-refractivity contribution in [2.45, 2.75) is 50.6 Å². The molecule has 5 rings (SSSR count). The van der Waals surface area contributed by atoms with Crippen molar-refractivity contribution in [2.75, 3.05) is 26.2 Å². The molecule has 0 spiro atoms. The third-order valence-electron chi connectivity index (χ3n) is 7.35. The first kappa shape index (κ1) is 21.8. The van der Waals surface area contributed by atoms with Crippen LogP contribution in [0.3, 0.4) is 0 Å². The fourth-order valence-electron chi connectivity index (χ4n) is 5.39. The number of hydrogen-bond acceptors (Lipinski definition) is 4. The Morgan fingerprint density at radius 2 is 1.61 bits per heavy atom. The molecule has 3 amide bonds. The first-order chi connectivity index (χ1) is 16.0. The molecule has 172 valence electrons. The molecule has 0 aromatic heterocycles. The second-order valence-corrected chi connectivity index (χ2v) is 9.69. The SMILES string of the molecule is Cc1ccccc1C1(CC(=O)N2CCN(Cc3ccccc3)CC2)CC(=O)N(C2CC2)C1=O. The molecule has 0 N–H and O–H groups in total. The van der Waals surface area contributed by atoms with Crippen LogP contribution in [0, 0.1) is 6.92 Å². The van der Waals surface area contributed by atoms with Gasteiger partial charge in [0.25, 0.3) is 0 Å². The molecule has 1 unspecified atom stereocenters. The number of imide groups is 1. The lowest BCUT2D eigenvalue weighted by Crippen LogP contribution is -2.50. The van der Waals surface area contributed by atoms with Crippen molar-refractivity contribution in [1.29, 1.82) is 0 Å². The van der Waals surface area contributed by atoms with E-state index >= 15 is 0 Å². The van der Waals surface area contributed by atoms with Crippen molar-refractivity contribution >= 4 is 17.7 Å². The number of likely N-dealkylation sites (tertiary alicyclic amines) is 1. The maximum Gasteiger partial charge on any atom is 0.241 e. The number of carbonyl (C=O) groups excluding carboxylic acids is 3. The van der Waals surface area contributed by atoms with Gasteiger partial charge in [0.1, 0.15) is 0 Å². The van der Waals surface area contributed by atoms with Gasteiger partial charge >= 0.3 is 0 Å². The normalized spacial score (nSPS) is 23.9. The van der Waals surface area contributed by atoms with Crippen LogP contribution in [0.25, 0.3) is 0 Å². The summed E-state index contributed by atoms with van der Waals surface area (Å²) < 4.78 is 0. The lowest BCUT2D eigenvalue weighted by Gasteiger charge is -2.37. The molecule has 3 aliphatic rings. The molecule has 1 saturated carbocycles. The zero-order chi connectivity index (χ0) is 23.0. The standard InChI is InChI=1S/C27H31N3O3/c1-20-7-5-6-10-23(20)27(18-25(32)30(26(27)33)22-11-12-22)17-24(31)29-15-13-28(14-16-29)19-21-8-3-2-4-9-21/h2-10,22H,11-19H2,1H3. The van der Waals surface area contributed by atoms with E-state index in [0.717, 1.165) is 43.6 Å². The van der Waals surface area contributed by atoms with E-state index in [1.807, 2.05) is 54.3 Å². The Balaban J connectivity index is 1.32. The number of amides is 3. The van der Waals surface area contributed by atoms with Gasteiger partial charge in [-0.15, -0.1) is 0 Å². The van der Waals surface area contributed by atoms with Crippen molar-refractivity contribution in [3.05, 3.63) is 71.3 Å². The fraction of sp³-hybridized carbons (Fsp3) is 0.444. The highest BCUT2D eigenvalue weighted by molar-refractivity contribution is 6.11. The van der Waals surface area contributed by atoms with E-state index < -0.39 is 5.41 Å². The summed E-state index contributed by atoms with van der Waals surface area (Å²) in [5.74, 6) is -0.344. The van der Waals surface area contributed by atoms with Crippen LogP contribution < -0.4 is 0 Å². The zero-order valence-electron chi connectivity index (χ0n) is 19.2. The molecule has 2 heterocycles. The monoisotopic (exact) mass is 445 g/mol. The molecule has 6 heteroatoms. The van der Waals surface area contributed by atoms with Gasteiger partial charge < -0.3 is 4.90 Å². The minimum Gasteiger partial charge on any atom is -0.340 e. The average molecular weight is 446 g/mol. The topological polar surface area (TPSA) is 60.9 Å². The molecule has 33 heavy (non-hydrogen) atoms. The highest BCUT2D eigenvalue weighted by Gasteiger charge is 2.57. The van der Waals surface area contributed by atoms with Crippen LogP contribution in [0.4, 0.5) is 0 Å². The molecule has 2 aromatic carbocycles. The summed E-state index contributed by atoms with van der Waals surface area (Å²) in [6.07, 6.45) is 1.90. The maximum atomic E-state index is 13.7. The first-order valence-corrected chi connectivity index (χ1v) is 11.9. The van der Waals surface area contributed by atoms with Gasteiger partial charge in [-0.05, 0) is 36.5 Å². The van der Waals surface area contributed by atoms with Gasteiger partial charge in [0.15, 0.2) is 0 Å². The van der Waals surface area contributed by atoms with Gasteiger partial charge in [0.2, 0.25) is 17.7 Å². The minimum absolute atomic E-state index is 0.0209. The Kier molecular flexibility index (Phi) is 5.79. The van der Waals surface area contributed by atoms with E-state index in [1.165, 1.54) is 10.5 Å². The van der Waals surface area contributed by atoms with Crippen molar-refractivity contribution in [3.63, 3.8) is 0 Å². The maximum absolute atomic E-state index is 13.7. The van der Waals surface area contributed by atoms with Crippen molar-refractivity contribution in [1.82, 2.24) is 14.7 Å². The van der Waals surface area contributed by atoms with Crippen LogP contribution in [0.2, 0.25) is 0 Å². The number of piperazine rings is 1. The number of carbonyl (C=O) groups is 3. The van der Waals surface area contributed by atoms with Gasteiger partial charge in [-0.25, -0.2) is 0 Å². The fourth-order valence-corrected chi connectivity index (χ4v) is 5.39. The molecule has 6 nitrogen and oxygen atoms in total. The smallest absolute Gasteiger partial charge is 0.241 e. The molecule has 0 bridgehead atoms. The van der Waals surface area contributed by atoms with E-state index in [1.54, 1.807) is 0 Å². The Bertz CT molecular complexity index is 1060. The van der Waals surface area contributed by atoms with Gasteiger partial charge in [0.05, 0.1) is 5.41 Å². The molecule has 3 fully saturated rings. The summed E-state index contributed by atoms with van der Waals surface area (Å²) >= 11 is 0. The van der Waals surface area contributed by atoms with Crippen LogP contribution in [0.15, 0.2) is 54.6 Å². The van der Waals surface area contributed by atoms with Crippen molar-refractivity contribution in [2.24, 2.45) is 0 Å². The van der Waals surface area contributed by atoms with Crippen LogP contribution in [-0.4, -0.2) is 64.6 Å². The Morgan fingerprint density at radius 3 is 2.27 bits per heavy atom. The highest BCUT2D eigenvalue weighted by atomic mass is 16.2. The second-order valence-electron chi connectivity index (χ2n) is 9.69. The molecule has 0 radical (unpaired) electrons. The van der Waals surface area contributed by atoms with Crippen LogP contribution in [0.5, 0.6) is 0 Å². The van der Waals surface area contributed by atoms with E-state index in [0.29, 0.717) is 13.1 Å². The van der Waals surface area contributed by atoms with E-state index in [-0.39, 0.29) is 36.6 Å². The highest BCUT2D eigenvalue weighted by Crippen LogP contribution is 2.45. The number of nitrogens with zero attached hydrogens (tertiary/aromatic N) is 3. The lowest BCUT2D eigenvalue weighted by atomic mass is 9.74. The summed E-state index contributed by atoms with van der Waals surface area (Å²) in [6.45, 7) is 5.73. The predicted molar refractivity (Wildman–Crippen MR) is 125 cm³/mol. The summed E-state index contributed by atoms with van der Waals surface area (Å²) in [5.41, 5.74) is 1.97. The summed E-state index contributed by atoms with van der Waals surface area (Å²) in [7, 11) is 0. The van der Waals surface area contributed by atoms with E-state index in [4.69, 9.17) is 0 Å². The molecular weight excluding hydrogens is 414 g/mol. The van der Waals surface area contributed by atoms with Gasteiger partial charge in [0, 0.05) is 51.6 Å². The zero-order valence-corrected chi connectivity index (χ0v) is 19.2. The molecule has 1 aliphatic carbocycles. The minimum atomic E-state index is -1.08. The second kappa shape index (κ2) is 8.75. The molecular formula is C27H31N3O3. The Morgan fingerprint density at radius 1 is 0.939 bits per heavy atom. The Labute approximate surface area is 195 Å². The number of rotatable bonds is 6. The van der Waals surface area contributed by atoms with E-state index in [2.05, 4.69) is 17.0 Å². The van der Waals surface area contributed by atoms with Crippen molar-refractivity contribution < 1.29 is 14.4 Å². The van der Waals surface area contributed by atoms with Crippen LogP contribution in [-0.2, 0) is 26.3 Å². The first-order valence-electron chi connectivity index (χ1n) is 11.9. The van der Waals surface area contributed by atoms with Crippen LogP contribution in [0.1, 0.15) is 42.4 Å². The molecule has 2 saturated heterocycles. The average Bonchev–Trinajstić information content (AvgIpc) is 3.61. The van der Waals surface area contributed by atoms with Gasteiger partial charge in [-0.2, -0.15) is 0 Å². The number of aryl methyl sites for hydroxylation is 1. The lowest BCUT2D eigenvalue weighted by molar-refractivity contribution is -0.143. The molecule has 1 atom stereocenters. The summed E-state index contributed by atoms with van der Waals surface area (Å²) in [6, 6.07) is 18.1. The molecule has 2 aromatic rings. The van der Waals surface area contributed by atoms with Crippen molar-refractivity contribution in [3.8, 4) is 0 Å². The van der Waals surface area contributed by atoms with Gasteiger partial charge in [-0.1, -0.05) is 54.6 Å². The molecule has 2 aliphatic heterocycles. The summed E-state index contributed by atoms with van der Waals surface area (Å²) in [4.78, 5) is 45.8. The summed E-state index contributed by atoms with van der Waals surface area (Å²) in [5, 5.41) is 0. The van der Waals surface area contributed by atoms with E-state index in [9.17, 15) is 14.4 Å². The number of benzene rings is 2.